The molecule has 1 N–H and O–H groups in total. The maximum absolute atomic E-state index is 13.0. The lowest BCUT2D eigenvalue weighted by Gasteiger charge is -2.30. The maximum atomic E-state index is 13.0. The van der Waals surface area contributed by atoms with Crippen molar-refractivity contribution in [2.75, 3.05) is 46.5 Å². The second-order valence-corrected chi connectivity index (χ2v) is 7.74. The van der Waals surface area contributed by atoms with E-state index in [2.05, 4.69) is 4.90 Å². The van der Waals surface area contributed by atoms with Gasteiger partial charge in [-0.2, -0.15) is 0 Å². The molecule has 0 aliphatic carbocycles. The highest BCUT2D eigenvalue weighted by Crippen LogP contribution is 2.41. The van der Waals surface area contributed by atoms with Crippen molar-refractivity contribution >= 4 is 29.1 Å². The number of carbonyl (C=O) groups excluding carboxylic acids is 2. The van der Waals surface area contributed by atoms with Crippen molar-refractivity contribution in [2.45, 2.75) is 6.04 Å². The Balaban J connectivity index is 1.74. The van der Waals surface area contributed by atoms with Gasteiger partial charge < -0.3 is 23.9 Å². The van der Waals surface area contributed by atoms with Crippen molar-refractivity contribution in [3.8, 4) is 5.75 Å². The Bertz CT molecular complexity index is 997. The van der Waals surface area contributed by atoms with Crippen molar-refractivity contribution < 1.29 is 28.6 Å². The van der Waals surface area contributed by atoms with Crippen LogP contribution in [0.5, 0.6) is 5.75 Å². The van der Waals surface area contributed by atoms with E-state index < -0.39 is 17.7 Å². The Morgan fingerprint density at radius 1 is 1.23 bits per heavy atom. The number of methoxy groups -OCH3 is 1. The molecule has 1 aromatic carbocycles. The van der Waals surface area contributed by atoms with Crippen molar-refractivity contribution in [1.82, 2.24) is 9.80 Å². The number of ketones is 1. The van der Waals surface area contributed by atoms with Gasteiger partial charge in [0, 0.05) is 31.2 Å². The first-order chi connectivity index (χ1) is 15.0. The summed E-state index contributed by atoms with van der Waals surface area (Å²) in [5, 5.41) is 11.5. The van der Waals surface area contributed by atoms with E-state index in [1.54, 1.807) is 24.3 Å². The SMILES string of the molecule is COc1ccc(Cl)cc1C(O)=C1C(=O)C(=O)N(CCN2CCOCC2)[C@@H]1c1ccco1. The average Bonchev–Trinajstić information content (AvgIpc) is 3.40. The van der Waals surface area contributed by atoms with Gasteiger partial charge in [0.25, 0.3) is 11.7 Å². The number of aliphatic hydroxyl groups is 1. The molecule has 2 aliphatic rings. The van der Waals surface area contributed by atoms with Gasteiger partial charge in [-0.1, -0.05) is 11.6 Å². The van der Waals surface area contributed by atoms with Gasteiger partial charge in [-0.25, -0.2) is 0 Å². The molecule has 164 valence electrons. The summed E-state index contributed by atoms with van der Waals surface area (Å²) in [7, 11) is 1.45. The van der Waals surface area contributed by atoms with Crippen LogP contribution in [0, 0.1) is 0 Å². The van der Waals surface area contributed by atoms with Crippen LogP contribution in [-0.2, 0) is 14.3 Å². The molecule has 1 amide bonds. The molecular weight excluding hydrogens is 424 g/mol. The fourth-order valence-electron chi connectivity index (χ4n) is 3.94. The van der Waals surface area contributed by atoms with Crippen LogP contribution in [-0.4, -0.2) is 73.1 Å². The predicted molar refractivity (Wildman–Crippen MR) is 113 cm³/mol. The molecule has 31 heavy (non-hydrogen) atoms. The number of hydrogen-bond acceptors (Lipinski definition) is 7. The maximum Gasteiger partial charge on any atom is 0.295 e. The van der Waals surface area contributed by atoms with E-state index in [1.165, 1.54) is 24.3 Å². The summed E-state index contributed by atoms with van der Waals surface area (Å²) in [6, 6.07) is 7.21. The summed E-state index contributed by atoms with van der Waals surface area (Å²) < 4.78 is 16.2. The lowest BCUT2D eigenvalue weighted by atomic mass is 9.99. The third kappa shape index (κ3) is 4.19. The Labute approximate surface area is 184 Å². The molecule has 1 aromatic heterocycles. The Morgan fingerprint density at radius 2 is 2.00 bits per heavy atom. The van der Waals surface area contributed by atoms with Gasteiger partial charge in [0.15, 0.2) is 0 Å². The van der Waals surface area contributed by atoms with E-state index in [9.17, 15) is 14.7 Å². The minimum atomic E-state index is -0.847. The molecular formula is C22H23ClN2O6. The quantitative estimate of drug-likeness (QED) is 0.414. The number of Topliss-reactive ketones (excluding diaryl/α,β-unsaturated/α-hetero) is 1. The molecule has 9 heteroatoms. The van der Waals surface area contributed by atoms with Gasteiger partial charge in [-0.05, 0) is 30.3 Å². The van der Waals surface area contributed by atoms with Crippen LogP contribution in [0.25, 0.3) is 5.76 Å². The number of furan rings is 1. The number of nitrogens with zero attached hydrogens (tertiary/aromatic N) is 2. The summed E-state index contributed by atoms with van der Waals surface area (Å²) >= 11 is 6.10. The topological polar surface area (TPSA) is 92.5 Å². The summed E-state index contributed by atoms with van der Waals surface area (Å²) in [4.78, 5) is 29.6. The predicted octanol–water partition coefficient (Wildman–Crippen LogP) is 2.70. The van der Waals surface area contributed by atoms with Gasteiger partial charge in [0.05, 0.1) is 37.7 Å². The van der Waals surface area contributed by atoms with Crippen LogP contribution < -0.4 is 4.74 Å². The number of rotatable bonds is 6. The highest BCUT2D eigenvalue weighted by atomic mass is 35.5. The first-order valence-electron chi connectivity index (χ1n) is 9.97. The Hall–Kier alpha value is -2.81. The number of ether oxygens (including phenoxy) is 2. The number of amides is 1. The first kappa shape index (κ1) is 21.4. The molecule has 0 unspecified atom stereocenters. The molecule has 2 aromatic rings. The van der Waals surface area contributed by atoms with Gasteiger partial charge in [0.1, 0.15) is 23.3 Å². The number of likely N-dealkylation sites (tertiary alicyclic amines) is 1. The average molecular weight is 447 g/mol. The van der Waals surface area contributed by atoms with E-state index in [4.69, 9.17) is 25.5 Å². The number of halogens is 1. The summed E-state index contributed by atoms with van der Waals surface area (Å²) in [5.41, 5.74) is 0.181. The molecule has 2 aliphatic heterocycles. The molecule has 0 radical (unpaired) electrons. The lowest BCUT2D eigenvalue weighted by Crippen LogP contribution is -2.42. The zero-order valence-corrected chi connectivity index (χ0v) is 17.8. The van der Waals surface area contributed by atoms with Crippen molar-refractivity contribution in [1.29, 1.82) is 0 Å². The number of aliphatic hydroxyl groups excluding tert-OH is 1. The van der Waals surface area contributed by atoms with E-state index in [1.807, 2.05) is 0 Å². The fourth-order valence-corrected chi connectivity index (χ4v) is 4.11. The van der Waals surface area contributed by atoms with Crippen LogP contribution in [0.2, 0.25) is 5.02 Å². The largest absolute Gasteiger partial charge is 0.507 e. The van der Waals surface area contributed by atoms with E-state index in [0.29, 0.717) is 42.8 Å². The summed E-state index contributed by atoms with van der Waals surface area (Å²) in [6.45, 7) is 3.67. The smallest absolute Gasteiger partial charge is 0.295 e. The molecule has 1 atom stereocenters. The monoisotopic (exact) mass is 446 g/mol. The summed E-state index contributed by atoms with van der Waals surface area (Å²) in [5.74, 6) is -1.09. The number of hydrogen-bond donors (Lipinski definition) is 1. The number of benzene rings is 1. The van der Waals surface area contributed by atoms with Gasteiger partial charge in [0.2, 0.25) is 0 Å². The van der Waals surface area contributed by atoms with Crippen molar-refractivity contribution in [3.63, 3.8) is 0 Å². The molecule has 4 rings (SSSR count). The molecule has 0 bridgehead atoms. The minimum Gasteiger partial charge on any atom is -0.507 e. The standard InChI is InChI=1S/C22H23ClN2O6/c1-29-16-5-4-14(23)13-15(16)20(26)18-19(17-3-2-10-31-17)25(22(28)21(18)27)7-6-24-8-11-30-12-9-24/h2-5,10,13,19,26H,6-9,11-12H2,1H3/t19-/m1/s1. The second-order valence-electron chi connectivity index (χ2n) is 7.31. The van der Waals surface area contributed by atoms with Crippen LogP contribution in [0.4, 0.5) is 0 Å². The second kappa shape index (κ2) is 9.13. The molecule has 3 heterocycles. The van der Waals surface area contributed by atoms with E-state index in [-0.39, 0.29) is 16.9 Å². The Kier molecular flexibility index (Phi) is 6.31. The van der Waals surface area contributed by atoms with Crippen molar-refractivity contribution in [3.05, 3.63) is 58.5 Å². The normalized spacial score (nSPS) is 21.6. The zero-order valence-electron chi connectivity index (χ0n) is 17.0. The van der Waals surface area contributed by atoms with Crippen LogP contribution in [0.15, 0.2) is 46.6 Å². The Morgan fingerprint density at radius 3 is 2.68 bits per heavy atom. The van der Waals surface area contributed by atoms with E-state index in [0.717, 1.165) is 13.1 Å². The molecule has 2 saturated heterocycles. The van der Waals surface area contributed by atoms with Crippen LogP contribution in [0.1, 0.15) is 17.4 Å². The van der Waals surface area contributed by atoms with Gasteiger partial charge >= 0.3 is 0 Å². The third-order valence-electron chi connectivity index (χ3n) is 5.53. The zero-order chi connectivity index (χ0) is 22.0. The third-order valence-corrected chi connectivity index (χ3v) is 5.77. The molecule has 2 fully saturated rings. The fraction of sp³-hybridized carbons (Fsp3) is 0.364. The minimum absolute atomic E-state index is 0.0532. The van der Waals surface area contributed by atoms with Gasteiger partial charge in [-0.15, -0.1) is 0 Å². The van der Waals surface area contributed by atoms with E-state index >= 15 is 0 Å². The molecule has 8 nitrogen and oxygen atoms in total. The highest BCUT2D eigenvalue weighted by molar-refractivity contribution is 6.46. The highest BCUT2D eigenvalue weighted by Gasteiger charge is 2.47. The van der Waals surface area contributed by atoms with Gasteiger partial charge in [-0.3, -0.25) is 14.5 Å². The molecule has 0 spiro atoms. The van der Waals surface area contributed by atoms with Crippen LogP contribution in [0.3, 0.4) is 0 Å². The molecule has 0 saturated carbocycles. The summed E-state index contributed by atoms with van der Waals surface area (Å²) in [6.07, 6.45) is 1.47. The number of carbonyl (C=O) groups is 2. The van der Waals surface area contributed by atoms with Crippen molar-refractivity contribution in [2.24, 2.45) is 0 Å². The number of morpholine rings is 1. The van der Waals surface area contributed by atoms with Crippen LogP contribution >= 0.6 is 11.6 Å². The lowest BCUT2D eigenvalue weighted by molar-refractivity contribution is -0.140. The first-order valence-corrected chi connectivity index (χ1v) is 10.3.